The first-order valence-corrected chi connectivity index (χ1v) is 9.72. The van der Waals surface area contributed by atoms with E-state index in [4.69, 9.17) is 19.4 Å². The molecule has 0 fully saturated rings. The van der Waals surface area contributed by atoms with Gasteiger partial charge in [-0.3, -0.25) is 14.4 Å². The molecule has 10 heteroatoms. The minimum absolute atomic E-state index is 0.0317. The summed E-state index contributed by atoms with van der Waals surface area (Å²) in [6.45, 7) is 1.40. The van der Waals surface area contributed by atoms with E-state index in [9.17, 15) is 9.59 Å². The first-order chi connectivity index (χ1) is 15.5. The van der Waals surface area contributed by atoms with E-state index in [2.05, 4.69) is 10.3 Å². The van der Waals surface area contributed by atoms with Crippen molar-refractivity contribution in [2.75, 3.05) is 13.7 Å². The first-order valence-electron chi connectivity index (χ1n) is 9.72. The van der Waals surface area contributed by atoms with E-state index < -0.39 is 5.91 Å². The Kier molecular flexibility index (Phi) is 9.67. The van der Waals surface area contributed by atoms with Crippen LogP contribution < -0.4 is 15.5 Å². The summed E-state index contributed by atoms with van der Waals surface area (Å²) in [5.74, 6) is -0.364. The molecule has 170 valence electrons. The molecule has 32 heavy (non-hydrogen) atoms. The van der Waals surface area contributed by atoms with Crippen molar-refractivity contribution in [3.63, 3.8) is 0 Å². The molecule has 0 atom stereocenters. The second-order valence-corrected chi connectivity index (χ2v) is 6.60. The topological polar surface area (TPSA) is 125 Å². The third-order valence-corrected chi connectivity index (χ3v) is 4.45. The number of aryl methyl sites for hydroxylation is 1. The lowest BCUT2D eigenvalue weighted by atomic mass is 10.2. The molecule has 0 aliphatic carbocycles. The molecule has 1 amide bonds. The van der Waals surface area contributed by atoms with Gasteiger partial charge in [-0.2, -0.15) is 0 Å². The van der Waals surface area contributed by atoms with Gasteiger partial charge in [-0.25, -0.2) is 4.98 Å². The number of methoxy groups -OCH3 is 1. The number of amides is 1. The zero-order valence-electron chi connectivity index (χ0n) is 17.9. The highest BCUT2D eigenvalue weighted by atomic mass is 16.5. The minimum atomic E-state index is -0.396. The molecule has 1 aromatic carbocycles. The van der Waals surface area contributed by atoms with Gasteiger partial charge in [0.05, 0.1) is 25.2 Å². The van der Waals surface area contributed by atoms with Crippen molar-refractivity contribution in [1.82, 2.24) is 19.4 Å². The van der Waals surface area contributed by atoms with E-state index in [0.717, 1.165) is 11.3 Å². The van der Waals surface area contributed by atoms with E-state index in [1.807, 2.05) is 34.9 Å². The van der Waals surface area contributed by atoms with Crippen molar-refractivity contribution in [1.29, 1.82) is 0 Å². The summed E-state index contributed by atoms with van der Waals surface area (Å²) in [6.07, 6.45) is 4.93. The van der Waals surface area contributed by atoms with E-state index in [1.165, 1.54) is 6.07 Å². The number of imidazole rings is 1. The molecule has 0 bridgehead atoms. The lowest BCUT2D eigenvalue weighted by Crippen LogP contribution is -2.29. The molecule has 2 N–H and O–H groups in total. The zero-order valence-corrected chi connectivity index (χ0v) is 17.9. The Morgan fingerprint density at radius 2 is 1.97 bits per heavy atom. The molecular weight excluding hydrogens is 416 g/mol. The van der Waals surface area contributed by atoms with Crippen molar-refractivity contribution in [3.05, 3.63) is 82.3 Å². The predicted octanol–water partition coefficient (Wildman–Crippen LogP) is 1.44. The Morgan fingerprint density at radius 1 is 1.25 bits per heavy atom. The third kappa shape index (κ3) is 6.81. The number of nitrogens with one attached hydrogen (secondary N) is 1. The summed E-state index contributed by atoms with van der Waals surface area (Å²) in [7, 11) is 3.33. The molecule has 0 aliphatic rings. The highest BCUT2D eigenvalue weighted by Gasteiger charge is 2.19. The van der Waals surface area contributed by atoms with Crippen molar-refractivity contribution in [2.24, 2.45) is 7.05 Å². The zero-order chi connectivity index (χ0) is 23.3. The number of ether oxygens (including phenoxy) is 2. The Hall–Kier alpha value is -3.92. The molecule has 0 saturated carbocycles. The highest BCUT2D eigenvalue weighted by molar-refractivity contribution is 5.95. The summed E-state index contributed by atoms with van der Waals surface area (Å²) in [5.41, 5.74) is 1.58. The number of carbonyl (C=O) groups excluding carboxylic acids is 1. The van der Waals surface area contributed by atoms with Crippen molar-refractivity contribution in [2.45, 2.75) is 19.7 Å². The molecule has 0 radical (unpaired) electrons. The molecule has 2 heterocycles. The summed E-state index contributed by atoms with van der Waals surface area (Å²) >= 11 is 0. The molecule has 2 aromatic heterocycles. The summed E-state index contributed by atoms with van der Waals surface area (Å²) in [5, 5.41) is 9.73. The van der Waals surface area contributed by atoms with Gasteiger partial charge in [0, 0.05) is 39.2 Å². The maximum atomic E-state index is 12.9. The van der Waals surface area contributed by atoms with Crippen LogP contribution >= 0.6 is 0 Å². The average molecular weight is 442 g/mol. The lowest BCUT2D eigenvalue weighted by Gasteiger charge is -2.15. The second-order valence-electron chi connectivity index (χ2n) is 6.60. The number of benzene rings is 1. The van der Waals surface area contributed by atoms with Gasteiger partial charge < -0.3 is 29.0 Å². The van der Waals surface area contributed by atoms with Gasteiger partial charge in [-0.1, -0.05) is 30.3 Å². The number of aromatic nitrogens is 3. The Labute approximate surface area is 185 Å². The fourth-order valence-corrected chi connectivity index (χ4v) is 2.88. The van der Waals surface area contributed by atoms with Gasteiger partial charge in [-0.15, -0.1) is 0 Å². The molecule has 0 aliphatic heterocycles. The van der Waals surface area contributed by atoms with Gasteiger partial charge in [0.1, 0.15) is 6.61 Å². The van der Waals surface area contributed by atoms with E-state index in [1.54, 1.807) is 37.4 Å². The number of hydrogen-bond donors (Lipinski definition) is 2. The van der Waals surface area contributed by atoms with Crippen LogP contribution in [0.3, 0.4) is 0 Å². The molecule has 0 unspecified atom stereocenters. The SMILES string of the molecule is COCCn1cncc1CNC(=O)c1c(OCc2ccccc2)c(=O)ccn1C.O=CO. The largest absolute Gasteiger partial charge is 0.483 e. The number of carboxylic acid groups (broad SMARTS) is 1. The number of hydrogen-bond acceptors (Lipinski definition) is 6. The van der Waals surface area contributed by atoms with Crippen LogP contribution in [0.25, 0.3) is 0 Å². The van der Waals surface area contributed by atoms with Gasteiger partial charge >= 0.3 is 0 Å². The molecule has 10 nitrogen and oxygen atoms in total. The maximum absolute atomic E-state index is 12.9. The number of pyridine rings is 1. The van der Waals surface area contributed by atoms with Gasteiger partial charge in [-0.05, 0) is 5.56 Å². The first kappa shape index (κ1) is 24.4. The summed E-state index contributed by atoms with van der Waals surface area (Å²) in [6, 6.07) is 10.9. The van der Waals surface area contributed by atoms with Crippen LogP contribution in [-0.4, -0.2) is 45.3 Å². The van der Waals surface area contributed by atoms with Crippen LogP contribution in [0.5, 0.6) is 5.75 Å². The average Bonchev–Trinajstić information content (AvgIpc) is 3.25. The van der Waals surface area contributed by atoms with Crippen LogP contribution in [0.2, 0.25) is 0 Å². The molecule has 3 aromatic rings. The minimum Gasteiger partial charge on any atom is -0.483 e. The van der Waals surface area contributed by atoms with E-state index in [0.29, 0.717) is 13.2 Å². The molecule has 0 saturated heterocycles. The van der Waals surface area contributed by atoms with Crippen LogP contribution in [0.1, 0.15) is 21.7 Å². The van der Waals surface area contributed by atoms with Crippen LogP contribution in [0.4, 0.5) is 0 Å². The van der Waals surface area contributed by atoms with Gasteiger partial charge in [0.2, 0.25) is 5.43 Å². The number of carbonyl (C=O) groups is 2. The smallest absolute Gasteiger partial charge is 0.290 e. The predicted molar refractivity (Wildman–Crippen MR) is 116 cm³/mol. The van der Waals surface area contributed by atoms with E-state index in [-0.39, 0.29) is 36.5 Å². The number of nitrogens with zero attached hydrogens (tertiary/aromatic N) is 3. The Balaban J connectivity index is 0.00000114. The maximum Gasteiger partial charge on any atom is 0.290 e. The van der Waals surface area contributed by atoms with Crippen LogP contribution in [-0.2, 0) is 36.3 Å². The molecule has 3 rings (SSSR count). The van der Waals surface area contributed by atoms with E-state index >= 15 is 0 Å². The normalized spacial score (nSPS) is 10.1. The highest BCUT2D eigenvalue weighted by Crippen LogP contribution is 2.15. The van der Waals surface area contributed by atoms with Crippen molar-refractivity contribution in [3.8, 4) is 5.75 Å². The quantitative estimate of drug-likeness (QED) is 0.481. The van der Waals surface area contributed by atoms with Crippen molar-refractivity contribution < 1.29 is 24.2 Å². The fraction of sp³-hybridized carbons (Fsp3) is 0.273. The summed E-state index contributed by atoms with van der Waals surface area (Å²) < 4.78 is 14.3. The summed E-state index contributed by atoms with van der Waals surface area (Å²) in [4.78, 5) is 37.7. The van der Waals surface area contributed by atoms with Gasteiger partial charge in [0.25, 0.3) is 12.4 Å². The standard InChI is InChI=1S/C21H24N4O4.CH2O2/c1-24-9-8-18(26)20(29-14-16-6-4-3-5-7-16)19(24)21(27)23-13-17-12-22-15-25(17)10-11-28-2;2-1-3/h3-9,12,15H,10-11,13-14H2,1-2H3,(H,23,27);1H,(H,2,3). The van der Waals surface area contributed by atoms with Crippen LogP contribution in [0.15, 0.2) is 59.9 Å². The Bertz CT molecular complexity index is 1060. The molecular formula is C22H26N4O6. The number of rotatable bonds is 9. The third-order valence-electron chi connectivity index (χ3n) is 4.45. The fourth-order valence-electron chi connectivity index (χ4n) is 2.88. The second kappa shape index (κ2) is 12.7. The Morgan fingerprint density at radius 3 is 2.66 bits per heavy atom. The lowest BCUT2D eigenvalue weighted by molar-refractivity contribution is -0.122. The monoisotopic (exact) mass is 442 g/mol. The molecule has 0 spiro atoms. The van der Waals surface area contributed by atoms with Gasteiger partial charge in [0.15, 0.2) is 11.4 Å². The van der Waals surface area contributed by atoms with Crippen molar-refractivity contribution >= 4 is 12.4 Å². The van der Waals surface area contributed by atoms with Crippen LogP contribution in [0, 0.1) is 0 Å².